The van der Waals surface area contributed by atoms with Crippen molar-refractivity contribution in [3.05, 3.63) is 48.3 Å². The van der Waals surface area contributed by atoms with E-state index in [0.717, 1.165) is 10.5 Å². The number of amides is 1. The monoisotopic (exact) mass is 379 g/mol. The topological polar surface area (TPSA) is 88.2 Å². The van der Waals surface area contributed by atoms with Crippen LogP contribution in [-0.4, -0.2) is 25.6 Å². The van der Waals surface area contributed by atoms with E-state index >= 15 is 0 Å². The molecule has 2 aromatic rings. The van der Waals surface area contributed by atoms with Gasteiger partial charge in [-0.15, -0.1) is 11.8 Å². The molecule has 2 rings (SSSR count). The van der Waals surface area contributed by atoms with Gasteiger partial charge in [0.1, 0.15) is 0 Å². The quantitative estimate of drug-likeness (QED) is 0.722. The number of sulfonamides is 1. The molecule has 0 atom stereocenters. The van der Waals surface area contributed by atoms with E-state index in [9.17, 15) is 13.2 Å². The zero-order valence-corrected chi connectivity index (χ0v) is 15.9. The molecule has 0 saturated carbocycles. The third kappa shape index (κ3) is 5.29. The Morgan fingerprint density at radius 1 is 1.20 bits per heavy atom. The number of anilines is 1. The van der Waals surface area contributed by atoms with E-state index in [-0.39, 0.29) is 23.3 Å². The third-order valence-corrected chi connectivity index (χ3v) is 5.67. The van der Waals surface area contributed by atoms with Crippen molar-refractivity contribution in [2.24, 2.45) is 5.92 Å². The van der Waals surface area contributed by atoms with Gasteiger partial charge in [-0.25, -0.2) is 13.1 Å². The summed E-state index contributed by atoms with van der Waals surface area (Å²) in [4.78, 5) is 16.8. The lowest BCUT2D eigenvalue weighted by atomic mass is 10.2. The second-order valence-electron chi connectivity index (χ2n) is 5.69. The minimum absolute atomic E-state index is 0.110. The molecule has 0 aliphatic carbocycles. The molecule has 0 saturated heterocycles. The standard InChI is InChI=1S/C17H21N3O3S2/c1-12(2)17(21)20-15-10-14(4-5-16(15)24-3)25(22,23)19-11-13-6-8-18-9-7-13/h4-10,12,19H,11H2,1-3H3,(H,20,21). The minimum atomic E-state index is -3.69. The lowest BCUT2D eigenvalue weighted by Gasteiger charge is -2.14. The number of pyridine rings is 1. The van der Waals surface area contributed by atoms with Gasteiger partial charge in [0, 0.05) is 29.8 Å². The average molecular weight is 380 g/mol. The Bertz CT molecular complexity index is 837. The van der Waals surface area contributed by atoms with Crippen LogP contribution in [0.5, 0.6) is 0 Å². The summed E-state index contributed by atoms with van der Waals surface area (Å²) < 4.78 is 27.6. The summed E-state index contributed by atoms with van der Waals surface area (Å²) in [5, 5.41) is 2.79. The minimum Gasteiger partial charge on any atom is -0.325 e. The summed E-state index contributed by atoms with van der Waals surface area (Å²) in [6.45, 7) is 3.73. The van der Waals surface area contributed by atoms with Gasteiger partial charge < -0.3 is 5.32 Å². The molecule has 134 valence electrons. The first-order valence-electron chi connectivity index (χ1n) is 7.71. The van der Waals surface area contributed by atoms with Crippen LogP contribution in [0.3, 0.4) is 0 Å². The fourth-order valence-corrected chi connectivity index (χ4v) is 3.57. The molecule has 8 heteroatoms. The zero-order valence-electron chi connectivity index (χ0n) is 14.3. The SMILES string of the molecule is CSc1ccc(S(=O)(=O)NCc2ccncc2)cc1NC(=O)C(C)C. The highest BCUT2D eigenvalue weighted by Gasteiger charge is 2.17. The molecule has 0 bridgehead atoms. The van der Waals surface area contributed by atoms with Crippen LogP contribution < -0.4 is 10.0 Å². The van der Waals surface area contributed by atoms with Gasteiger partial charge in [0.25, 0.3) is 0 Å². The van der Waals surface area contributed by atoms with Crippen LogP contribution in [-0.2, 0) is 21.4 Å². The van der Waals surface area contributed by atoms with Gasteiger partial charge in [-0.1, -0.05) is 13.8 Å². The fraction of sp³-hybridized carbons (Fsp3) is 0.294. The van der Waals surface area contributed by atoms with Gasteiger partial charge in [-0.2, -0.15) is 0 Å². The summed E-state index contributed by atoms with van der Waals surface area (Å²) in [7, 11) is -3.69. The maximum atomic E-state index is 12.5. The number of thioether (sulfide) groups is 1. The first-order valence-corrected chi connectivity index (χ1v) is 10.4. The molecule has 0 unspecified atom stereocenters. The Kier molecular flexibility index (Phi) is 6.57. The van der Waals surface area contributed by atoms with Gasteiger partial charge >= 0.3 is 0 Å². The van der Waals surface area contributed by atoms with Crippen molar-refractivity contribution in [3.8, 4) is 0 Å². The van der Waals surface area contributed by atoms with Crippen molar-refractivity contribution in [1.82, 2.24) is 9.71 Å². The van der Waals surface area contributed by atoms with Crippen LogP contribution in [0.4, 0.5) is 5.69 Å². The van der Waals surface area contributed by atoms with E-state index < -0.39 is 10.0 Å². The zero-order chi connectivity index (χ0) is 18.4. The molecule has 1 aromatic carbocycles. The van der Waals surface area contributed by atoms with Gasteiger partial charge in [0.15, 0.2) is 0 Å². The van der Waals surface area contributed by atoms with Crippen LogP contribution in [0, 0.1) is 5.92 Å². The molecule has 0 aliphatic heterocycles. The first-order chi connectivity index (χ1) is 11.8. The smallest absolute Gasteiger partial charge is 0.240 e. The number of carbonyl (C=O) groups excluding carboxylic acids is 1. The normalized spacial score (nSPS) is 11.5. The largest absolute Gasteiger partial charge is 0.325 e. The van der Waals surface area contributed by atoms with Crippen LogP contribution in [0.2, 0.25) is 0 Å². The highest BCUT2D eigenvalue weighted by Crippen LogP contribution is 2.28. The number of aromatic nitrogens is 1. The number of benzene rings is 1. The van der Waals surface area contributed by atoms with Crippen molar-refractivity contribution >= 4 is 33.4 Å². The predicted octanol–water partition coefficient (Wildman–Crippen LogP) is 2.88. The maximum absolute atomic E-state index is 12.5. The molecule has 0 aliphatic rings. The van der Waals surface area contributed by atoms with E-state index in [2.05, 4.69) is 15.0 Å². The number of rotatable bonds is 7. The number of nitrogens with zero attached hydrogens (tertiary/aromatic N) is 1. The molecule has 2 N–H and O–H groups in total. The summed E-state index contributed by atoms with van der Waals surface area (Å²) in [5.41, 5.74) is 1.31. The van der Waals surface area contributed by atoms with Crippen molar-refractivity contribution < 1.29 is 13.2 Å². The van der Waals surface area contributed by atoms with E-state index in [1.165, 1.54) is 23.9 Å². The highest BCUT2D eigenvalue weighted by atomic mass is 32.2. The summed E-state index contributed by atoms with van der Waals surface area (Å²) in [5.74, 6) is -0.352. The first kappa shape index (κ1) is 19.4. The van der Waals surface area contributed by atoms with Crippen molar-refractivity contribution in [3.63, 3.8) is 0 Å². The summed E-state index contributed by atoms with van der Waals surface area (Å²) >= 11 is 1.44. The molecule has 6 nitrogen and oxygen atoms in total. The summed E-state index contributed by atoms with van der Waals surface area (Å²) in [6, 6.07) is 8.20. The fourth-order valence-electron chi connectivity index (χ4n) is 1.99. The molecular weight excluding hydrogens is 358 g/mol. The van der Waals surface area contributed by atoms with E-state index in [1.807, 2.05) is 6.26 Å². The molecule has 25 heavy (non-hydrogen) atoms. The van der Waals surface area contributed by atoms with Crippen LogP contribution in [0.25, 0.3) is 0 Å². The van der Waals surface area contributed by atoms with Crippen LogP contribution in [0.1, 0.15) is 19.4 Å². The Hall–Kier alpha value is -1.90. The molecule has 1 amide bonds. The molecular formula is C17H21N3O3S2. The maximum Gasteiger partial charge on any atom is 0.240 e. The molecule has 0 radical (unpaired) electrons. The predicted molar refractivity (Wildman–Crippen MR) is 100.0 cm³/mol. The lowest BCUT2D eigenvalue weighted by molar-refractivity contribution is -0.118. The average Bonchev–Trinajstić information content (AvgIpc) is 2.60. The Morgan fingerprint density at radius 2 is 1.88 bits per heavy atom. The van der Waals surface area contributed by atoms with Crippen molar-refractivity contribution in [2.75, 3.05) is 11.6 Å². The number of hydrogen-bond acceptors (Lipinski definition) is 5. The highest BCUT2D eigenvalue weighted by molar-refractivity contribution is 7.98. The third-order valence-electron chi connectivity index (χ3n) is 3.48. The van der Waals surface area contributed by atoms with Gasteiger partial charge in [-0.3, -0.25) is 9.78 Å². The molecule has 0 spiro atoms. The van der Waals surface area contributed by atoms with E-state index in [4.69, 9.17) is 0 Å². The second kappa shape index (κ2) is 8.46. The molecule has 0 fully saturated rings. The Morgan fingerprint density at radius 3 is 2.48 bits per heavy atom. The number of carbonyl (C=O) groups is 1. The van der Waals surface area contributed by atoms with Crippen LogP contribution in [0.15, 0.2) is 52.5 Å². The Balaban J connectivity index is 2.23. The summed E-state index contributed by atoms with van der Waals surface area (Å²) in [6.07, 6.45) is 5.09. The van der Waals surface area contributed by atoms with Gasteiger partial charge in [0.2, 0.25) is 15.9 Å². The van der Waals surface area contributed by atoms with Crippen molar-refractivity contribution in [2.45, 2.75) is 30.2 Å². The van der Waals surface area contributed by atoms with Crippen molar-refractivity contribution in [1.29, 1.82) is 0 Å². The number of hydrogen-bond donors (Lipinski definition) is 2. The second-order valence-corrected chi connectivity index (χ2v) is 8.30. The van der Waals surface area contributed by atoms with Crippen LogP contribution >= 0.6 is 11.8 Å². The van der Waals surface area contributed by atoms with Gasteiger partial charge in [0.05, 0.1) is 10.6 Å². The molecule has 1 aromatic heterocycles. The molecule has 1 heterocycles. The van der Waals surface area contributed by atoms with E-state index in [1.54, 1.807) is 44.4 Å². The van der Waals surface area contributed by atoms with E-state index in [0.29, 0.717) is 5.69 Å². The lowest BCUT2D eigenvalue weighted by Crippen LogP contribution is -2.24. The number of nitrogens with one attached hydrogen (secondary N) is 2. The van der Waals surface area contributed by atoms with Gasteiger partial charge in [-0.05, 0) is 42.2 Å². The Labute approximate surface area is 152 Å².